The Labute approximate surface area is 68.9 Å². The molecule has 0 aliphatic heterocycles. The van der Waals surface area contributed by atoms with Gasteiger partial charge in [0.05, 0.1) is 0 Å². The Bertz CT molecular complexity index is 3.61. The molecule has 0 fully saturated rings. The molecular formula is Cl4Ru-4. The summed E-state index contributed by atoms with van der Waals surface area (Å²) in [4.78, 5) is 0. The fourth-order valence-electron chi connectivity index (χ4n) is 0. The summed E-state index contributed by atoms with van der Waals surface area (Å²) >= 11 is 0. The number of rotatable bonds is 0. The van der Waals surface area contributed by atoms with E-state index in [9.17, 15) is 0 Å². The van der Waals surface area contributed by atoms with Crippen molar-refractivity contribution in [2.45, 2.75) is 0 Å². The van der Waals surface area contributed by atoms with E-state index in [4.69, 9.17) is 0 Å². The van der Waals surface area contributed by atoms with Crippen LogP contribution in [0.3, 0.4) is 0 Å². The fraction of sp³-hybridized carbons (Fsp3) is 0. The van der Waals surface area contributed by atoms with E-state index in [0.29, 0.717) is 0 Å². The van der Waals surface area contributed by atoms with E-state index in [-0.39, 0.29) is 69.1 Å². The molecule has 0 aromatic heterocycles. The maximum Gasteiger partial charge on any atom is 0 e. The van der Waals surface area contributed by atoms with E-state index in [1.54, 1.807) is 0 Å². The fourth-order valence-corrected chi connectivity index (χ4v) is 0. The third-order valence-corrected chi connectivity index (χ3v) is 0. The molecule has 0 saturated heterocycles. The Morgan fingerprint density at radius 2 is 0.400 bits per heavy atom. The summed E-state index contributed by atoms with van der Waals surface area (Å²) in [5.74, 6) is 0. The number of hydrogen-bond donors (Lipinski definition) is 0. The van der Waals surface area contributed by atoms with Crippen LogP contribution in [0, 0.1) is 0 Å². The van der Waals surface area contributed by atoms with Gasteiger partial charge in [-0.2, -0.15) is 0 Å². The first-order valence-electron chi connectivity index (χ1n) is 0. The summed E-state index contributed by atoms with van der Waals surface area (Å²) in [6.45, 7) is 0. The summed E-state index contributed by atoms with van der Waals surface area (Å²) in [5, 5.41) is 0. The van der Waals surface area contributed by atoms with Gasteiger partial charge in [-0.25, -0.2) is 0 Å². The molecule has 0 saturated carbocycles. The van der Waals surface area contributed by atoms with Crippen LogP contribution in [0.1, 0.15) is 0 Å². The minimum Gasteiger partial charge on any atom is -1.00 e. The quantitative estimate of drug-likeness (QED) is 0.371. The van der Waals surface area contributed by atoms with E-state index in [1.165, 1.54) is 0 Å². The Balaban J connectivity index is 0. The van der Waals surface area contributed by atoms with Crippen molar-refractivity contribution in [1.82, 2.24) is 0 Å². The van der Waals surface area contributed by atoms with Crippen molar-refractivity contribution in [3.63, 3.8) is 0 Å². The molecule has 0 nitrogen and oxygen atoms in total. The first-order valence-corrected chi connectivity index (χ1v) is 0. The van der Waals surface area contributed by atoms with E-state index < -0.39 is 0 Å². The summed E-state index contributed by atoms with van der Waals surface area (Å²) < 4.78 is 0. The average Bonchev–Trinajstić information content (AvgIpc) is 0. The Morgan fingerprint density at radius 3 is 0.400 bits per heavy atom. The van der Waals surface area contributed by atoms with Crippen LogP contribution < -0.4 is 49.6 Å². The smallest absolute Gasteiger partial charge is 0 e. The molecule has 0 amide bonds. The zero-order valence-corrected chi connectivity index (χ0v) is 6.63. The van der Waals surface area contributed by atoms with Crippen molar-refractivity contribution in [1.29, 1.82) is 0 Å². The van der Waals surface area contributed by atoms with Crippen molar-refractivity contribution < 1.29 is 69.1 Å². The van der Waals surface area contributed by atoms with Gasteiger partial charge in [0.15, 0.2) is 0 Å². The molecule has 0 aliphatic carbocycles. The zero-order chi connectivity index (χ0) is 0. The Hall–Kier alpha value is 1.78. The molecular weight excluding hydrogens is 243 g/mol. The standard InChI is InChI=1S/4ClH.Ru/h4*1H;/p-4. The van der Waals surface area contributed by atoms with Crippen LogP contribution in [0.4, 0.5) is 0 Å². The van der Waals surface area contributed by atoms with Crippen LogP contribution in [0.15, 0.2) is 0 Å². The normalized spacial score (nSPS) is 0. The van der Waals surface area contributed by atoms with E-state index in [1.807, 2.05) is 0 Å². The monoisotopic (exact) mass is 242 g/mol. The van der Waals surface area contributed by atoms with Gasteiger partial charge in [-0.1, -0.05) is 0 Å². The molecule has 0 radical (unpaired) electrons. The van der Waals surface area contributed by atoms with Crippen LogP contribution in [-0.2, 0) is 19.5 Å². The van der Waals surface area contributed by atoms with E-state index in [0.717, 1.165) is 0 Å². The van der Waals surface area contributed by atoms with Gasteiger partial charge in [0.2, 0.25) is 0 Å². The van der Waals surface area contributed by atoms with Crippen LogP contribution in [0.2, 0.25) is 0 Å². The van der Waals surface area contributed by atoms with Crippen molar-refractivity contribution in [2.24, 2.45) is 0 Å². The van der Waals surface area contributed by atoms with Crippen LogP contribution in [0.5, 0.6) is 0 Å². The Kier molecular flexibility index (Phi) is 594. The molecule has 5 heteroatoms. The summed E-state index contributed by atoms with van der Waals surface area (Å²) in [5.41, 5.74) is 0. The molecule has 0 aromatic carbocycles. The molecule has 0 aliphatic rings. The van der Waals surface area contributed by atoms with Gasteiger partial charge in [-0.05, 0) is 0 Å². The topological polar surface area (TPSA) is 0 Å². The minimum absolute atomic E-state index is 0. The second-order valence-electron chi connectivity index (χ2n) is 0. The van der Waals surface area contributed by atoms with Crippen LogP contribution >= 0.6 is 0 Å². The molecule has 0 aromatic rings. The summed E-state index contributed by atoms with van der Waals surface area (Å²) in [7, 11) is 0. The molecule has 0 atom stereocenters. The molecule has 40 valence electrons. The molecule has 0 N–H and O–H groups in total. The van der Waals surface area contributed by atoms with Gasteiger partial charge in [-0.3, -0.25) is 0 Å². The maximum absolute atomic E-state index is 0. The largest absolute Gasteiger partial charge is 1.00 e. The van der Waals surface area contributed by atoms with Crippen LogP contribution in [-0.4, -0.2) is 0 Å². The van der Waals surface area contributed by atoms with Gasteiger partial charge in [-0.15, -0.1) is 0 Å². The van der Waals surface area contributed by atoms with Crippen molar-refractivity contribution in [3.8, 4) is 0 Å². The summed E-state index contributed by atoms with van der Waals surface area (Å²) in [6.07, 6.45) is 0. The predicted octanol–water partition coefficient (Wildman–Crippen LogP) is -12.0. The Morgan fingerprint density at radius 1 is 0.400 bits per heavy atom. The van der Waals surface area contributed by atoms with E-state index in [2.05, 4.69) is 0 Å². The van der Waals surface area contributed by atoms with Gasteiger partial charge in [0.25, 0.3) is 0 Å². The van der Waals surface area contributed by atoms with Gasteiger partial charge < -0.3 is 49.6 Å². The molecule has 0 unspecified atom stereocenters. The van der Waals surface area contributed by atoms with Crippen molar-refractivity contribution in [2.75, 3.05) is 0 Å². The molecule has 0 bridgehead atoms. The SMILES string of the molecule is [Cl-].[Cl-].[Cl-].[Cl-].[Ru]. The third-order valence-electron chi connectivity index (χ3n) is 0. The second-order valence-corrected chi connectivity index (χ2v) is 0. The first kappa shape index (κ1) is 71.3. The molecule has 0 rings (SSSR count). The molecule has 0 spiro atoms. The third kappa shape index (κ3) is 26.0. The van der Waals surface area contributed by atoms with Crippen LogP contribution in [0.25, 0.3) is 0 Å². The first-order chi connectivity index (χ1) is 0. The van der Waals surface area contributed by atoms with Gasteiger partial charge in [0.1, 0.15) is 0 Å². The maximum atomic E-state index is 0. The van der Waals surface area contributed by atoms with Gasteiger partial charge in [0, 0.05) is 19.5 Å². The predicted molar refractivity (Wildman–Crippen MR) is 0 cm³/mol. The van der Waals surface area contributed by atoms with E-state index >= 15 is 0 Å². The zero-order valence-electron chi connectivity index (χ0n) is 1.87. The second kappa shape index (κ2) is 41.6. The summed E-state index contributed by atoms with van der Waals surface area (Å²) in [6, 6.07) is 0. The number of halogens is 4. The molecule has 0 heterocycles. The average molecular weight is 243 g/mol. The van der Waals surface area contributed by atoms with Crippen molar-refractivity contribution in [3.05, 3.63) is 0 Å². The molecule has 5 heavy (non-hydrogen) atoms. The number of hydrogen-bond acceptors (Lipinski definition) is 0. The van der Waals surface area contributed by atoms with Gasteiger partial charge >= 0.3 is 0 Å². The van der Waals surface area contributed by atoms with Crippen molar-refractivity contribution >= 4 is 0 Å². The minimum atomic E-state index is 0.